The lowest BCUT2D eigenvalue weighted by Gasteiger charge is -2.27. The van der Waals surface area contributed by atoms with Crippen LogP contribution in [0, 0.1) is 5.82 Å². The molecule has 1 fully saturated rings. The summed E-state index contributed by atoms with van der Waals surface area (Å²) in [5.74, 6) is 0.0272. The first-order valence-corrected chi connectivity index (χ1v) is 11.9. The fourth-order valence-corrected chi connectivity index (χ4v) is 3.46. The number of nitrogens with one attached hydrogen (secondary N) is 1. The topological polar surface area (TPSA) is 143 Å². The van der Waals surface area contributed by atoms with E-state index in [1.54, 1.807) is 29.2 Å². The van der Waals surface area contributed by atoms with Crippen LogP contribution in [0.15, 0.2) is 35.7 Å². The highest BCUT2D eigenvalue weighted by molar-refractivity contribution is 7.89. The Balaban J connectivity index is 1.46. The number of benzene rings is 1. The van der Waals surface area contributed by atoms with Crippen LogP contribution < -0.4 is 9.62 Å². The second kappa shape index (κ2) is 11.0. The molecule has 2 heterocycles. The van der Waals surface area contributed by atoms with E-state index in [2.05, 4.69) is 19.9 Å². The summed E-state index contributed by atoms with van der Waals surface area (Å²) >= 11 is 0. The number of aromatic nitrogens is 2. The summed E-state index contributed by atoms with van der Waals surface area (Å²) in [4.78, 5) is 27.0. The number of hydrogen-bond acceptors (Lipinski definition) is 10. The molecule has 0 atom stereocenters. The van der Waals surface area contributed by atoms with Gasteiger partial charge >= 0.3 is 6.09 Å². The molecule has 178 valence electrons. The van der Waals surface area contributed by atoms with Crippen LogP contribution in [-0.4, -0.2) is 67.9 Å². The molecule has 33 heavy (non-hydrogen) atoms. The van der Waals surface area contributed by atoms with Crippen molar-refractivity contribution in [2.24, 2.45) is 5.16 Å². The molecule has 2 N–H and O–H groups in total. The molecule has 0 spiro atoms. The normalized spacial score (nSPS) is 14.0. The molecule has 1 aliphatic heterocycles. The third-order valence-corrected chi connectivity index (χ3v) is 5.23. The number of rotatable bonds is 8. The largest absolute Gasteiger partial charge is 0.445 e. The van der Waals surface area contributed by atoms with Gasteiger partial charge in [0.1, 0.15) is 12.4 Å². The number of amides is 1. The van der Waals surface area contributed by atoms with E-state index >= 15 is 0 Å². The molecule has 2 aromatic rings. The number of nitrogens with zero attached hydrogens (tertiary/aromatic N) is 4. The van der Waals surface area contributed by atoms with Crippen LogP contribution in [0.4, 0.5) is 15.1 Å². The molecule has 0 saturated carbocycles. The van der Waals surface area contributed by atoms with Gasteiger partial charge in [0.15, 0.2) is 6.61 Å². The SMILES string of the molecule is CS(=O)(=O)NC(=O)OCCON=C1CCN(c2ncc(-c3cccc(CO)c3F)cn2)CC1. The average Bonchev–Trinajstić information content (AvgIpc) is 2.78. The maximum Gasteiger partial charge on any atom is 0.421 e. The zero-order valence-corrected chi connectivity index (χ0v) is 18.7. The van der Waals surface area contributed by atoms with Gasteiger partial charge in [-0.15, -0.1) is 0 Å². The van der Waals surface area contributed by atoms with Crippen molar-refractivity contribution >= 4 is 27.8 Å². The van der Waals surface area contributed by atoms with Gasteiger partial charge in [0.25, 0.3) is 0 Å². The highest BCUT2D eigenvalue weighted by Crippen LogP contribution is 2.25. The van der Waals surface area contributed by atoms with Gasteiger partial charge < -0.3 is 19.6 Å². The van der Waals surface area contributed by atoms with Crippen molar-refractivity contribution in [1.29, 1.82) is 0 Å². The minimum Gasteiger partial charge on any atom is -0.445 e. The van der Waals surface area contributed by atoms with E-state index in [-0.39, 0.29) is 25.4 Å². The monoisotopic (exact) mass is 481 g/mol. The molecule has 11 nitrogen and oxygen atoms in total. The van der Waals surface area contributed by atoms with Gasteiger partial charge in [-0.05, 0) is 0 Å². The molecule has 0 radical (unpaired) electrons. The second-order valence-corrected chi connectivity index (χ2v) is 8.94. The number of ether oxygens (including phenoxy) is 1. The van der Waals surface area contributed by atoms with Crippen LogP contribution in [0.25, 0.3) is 11.1 Å². The Kier molecular flexibility index (Phi) is 8.11. The smallest absolute Gasteiger partial charge is 0.421 e. The van der Waals surface area contributed by atoms with E-state index in [1.165, 1.54) is 6.07 Å². The number of aliphatic hydroxyl groups is 1. The fraction of sp³-hybridized carbons (Fsp3) is 0.400. The maximum atomic E-state index is 14.4. The molecule has 1 aromatic heterocycles. The predicted molar refractivity (Wildman–Crippen MR) is 118 cm³/mol. The van der Waals surface area contributed by atoms with E-state index in [4.69, 9.17) is 4.84 Å². The van der Waals surface area contributed by atoms with E-state index < -0.39 is 21.9 Å². The van der Waals surface area contributed by atoms with Crippen LogP contribution in [0.5, 0.6) is 0 Å². The summed E-state index contributed by atoms with van der Waals surface area (Å²) in [6.45, 7) is 0.688. The van der Waals surface area contributed by atoms with E-state index in [1.807, 2.05) is 4.90 Å². The fourth-order valence-electron chi connectivity index (χ4n) is 3.09. The van der Waals surface area contributed by atoms with Gasteiger partial charge in [0.05, 0.1) is 18.6 Å². The highest BCUT2D eigenvalue weighted by atomic mass is 32.2. The van der Waals surface area contributed by atoms with Gasteiger partial charge in [-0.2, -0.15) is 0 Å². The third kappa shape index (κ3) is 7.08. The van der Waals surface area contributed by atoms with E-state index in [0.717, 1.165) is 12.0 Å². The molecule has 13 heteroatoms. The molecule has 3 rings (SSSR count). The lowest BCUT2D eigenvalue weighted by molar-refractivity contribution is 0.0785. The van der Waals surface area contributed by atoms with Crippen molar-refractivity contribution in [2.45, 2.75) is 19.4 Å². The Bertz CT molecular complexity index is 1100. The molecule has 1 aromatic carbocycles. The van der Waals surface area contributed by atoms with Gasteiger partial charge in [-0.25, -0.2) is 32.3 Å². The Labute approximate surface area is 190 Å². The number of carbonyl (C=O) groups is 1. The van der Waals surface area contributed by atoms with Crippen LogP contribution in [0.3, 0.4) is 0 Å². The first-order chi connectivity index (χ1) is 15.8. The Morgan fingerprint density at radius 3 is 2.58 bits per heavy atom. The highest BCUT2D eigenvalue weighted by Gasteiger charge is 2.19. The van der Waals surface area contributed by atoms with Crippen LogP contribution in [0.1, 0.15) is 18.4 Å². The number of oxime groups is 1. The van der Waals surface area contributed by atoms with Crippen molar-refractivity contribution in [3.05, 3.63) is 42.0 Å². The van der Waals surface area contributed by atoms with Crippen molar-refractivity contribution in [2.75, 3.05) is 37.5 Å². The molecule has 0 unspecified atom stereocenters. The van der Waals surface area contributed by atoms with Gasteiger partial charge in [-0.3, -0.25) is 0 Å². The summed E-state index contributed by atoms with van der Waals surface area (Å²) in [6, 6.07) is 4.80. The van der Waals surface area contributed by atoms with Crippen LogP contribution in [-0.2, 0) is 26.2 Å². The van der Waals surface area contributed by atoms with Crippen molar-refractivity contribution in [3.8, 4) is 11.1 Å². The van der Waals surface area contributed by atoms with Gasteiger partial charge in [-0.1, -0.05) is 23.4 Å². The Morgan fingerprint density at radius 1 is 1.24 bits per heavy atom. The van der Waals surface area contributed by atoms with Crippen molar-refractivity contribution in [3.63, 3.8) is 0 Å². The molecular weight excluding hydrogens is 457 g/mol. The van der Waals surface area contributed by atoms with Gasteiger partial charge in [0.2, 0.25) is 16.0 Å². The summed E-state index contributed by atoms with van der Waals surface area (Å²) in [7, 11) is -3.67. The summed E-state index contributed by atoms with van der Waals surface area (Å²) < 4.78 is 42.5. The molecular formula is C20H24FN5O6S. The lowest BCUT2D eigenvalue weighted by Crippen LogP contribution is -2.35. The van der Waals surface area contributed by atoms with Crippen LogP contribution in [0.2, 0.25) is 0 Å². The van der Waals surface area contributed by atoms with Gasteiger partial charge in [0, 0.05) is 55.0 Å². The average molecular weight is 482 g/mol. The molecule has 1 amide bonds. The number of hydrogen-bond donors (Lipinski definition) is 2. The number of carbonyl (C=O) groups excluding carboxylic acids is 1. The number of piperidine rings is 1. The second-order valence-electron chi connectivity index (χ2n) is 7.20. The summed E-state index contributed by atoms with van der Waals surface area (Å²) in [5.41, 5.74) is 1.89. The minimum atomic E-state index is -3.67. The minimum absolute atomic E-state index is 0.0109. The Hall–Kier alpha value is -3.32. The number of aliphatic hydroxyl groups excluding tert-OH is 1. The number of sulfonamides is 1. The van der Waals surface area contributed by atoms with E-state index in [9.17, 15) is 22.7 Å². The van der Waals surface area contributed by atoms with Crippen molar-refractivity contribution < 1.29 is 32.3 Å². The Morgan fingerprint density at radius 2 is 1.94 bits per heavy atom. The maximum absolute atomic E-state index is 14.4. The molecule has 1 aliphatic rings. The zero-order valence-electron chi connectivity index (χ0n) is 17.9. The summed E-state index contributed by atoms with van der Waals surface area (Å²) in [5, 5.41) is 13.2. The molecule has 0 aliphatic carbocycles. The molecule has 0 bridgehead atoms. The number of halogens is 1. The first kappa shape index (κ1) is 24.3. The van der Waals surface area contributed by atoms with E-state index in [0.29, 0.717) is 43.0 Å². The first-order valence-electron chi connectivity index (χ1n) is 10.0. The van der Waals surface area contributed by atoms with Crippen LogP contribution >= 0.6 is 0 Å². The predicted octanol–water partition coefficient (Wildman–Crippen LogP) is 1.43. The summed E-state index contributed by atoms with van der Waals surface area (Å²) in [6.07, 6.45) is 4.11. The quantitative estimate of drug-likeness (QED) is 0.423. The number of anilines is 1. The standard InChI is InChI=1S/C20H24FN5O6S/c1-33(29,30)25-20(28)31-9-10-32-24-16-5-7-26(8-6-16)19-22-11-15(12-23-19)17-4-2-3-14(13-27)18(17)21/h2-4,11-12,27H,5-10,13H2,1H3,(H,25,28). The molecule has 1 saturated heterocycles. The lowest BCUT2D eigenvalue weighted by atomic mass is 10.1. The van der Waals surface area contributed by atoms with Crippen molar-refractivity contribution in [1.82, 2.24) is 14.7 Å². The third-order valence-electron chi connectivity index (χ3n) is 4.69. The zero-order chi connectivity index (χ0) is 23.8.